The van der Waals surface area contributed by atoms with E-state index < -0.39 is 0 Å². The highest BCUT2D eigenvalue weighted by Gasteiger charge is 1.96. The van der Waals surface area contributed by atoms with Gasteiger partial charge in [0.2, 0.25) is 5.95 Å². The second-order valence-electron chi connectivity index (χ2n) is 2.48. The molecule has 0 atom stereocenters. The lowest BCUT2D eigenvalue weighted by Crippen LogP contribution is -1.96. The van der Waals surface area contributed by atoms with Crippen LogP contribution >= 0.6 is 11.3 Å². The molecule has 0 aliphatic carbocycles. The van der Waals surface area contributed by atoms with Crippen LogP contribution in [0.4, 0.5) is 17.3 Å². The smallest absolute Gasteiger partial charge is 0.227 e. The van der Waals surface area contributed by atoms with Gasteiger partial charge in [-0.05, 0) is 11.4 Å². The van der Waals surface area contributed by atoms with Gasteiger partial charge < -0.3 is 11.1 Å². The largest absolute Gasteiger partial charge is 0.396 e. The zero-order valence-corrected chi connectivity index (χ0v) is 7.58. The van der Waals surface area contributed by atoms with E-state index in [-0.39, 0.29) is 0 Å². The van der Waals surface area contributed by atoms with Crippen molar-refractivity contribution in [3.63, 3.8) is 0 Å². The number of thiophene rings is 1. The molecule has 0 saturated carbocycles. The van der Waals surface area contributed by atoms with E-state index in [0.717, 1.165) is 5.69 Å². The maximum absolute atomic E-state index is 5.45. The summed E-state index contributed by atoms with van der Waals surface area (Å²) in [6, 6.07) is 1.96. The first-order valence-corrected chi connectivity index (χ1v) is 4.65. The summed E-state index contributed by atoms with van der Waals surface area (Å²) in [5.41, 5.74) is 7.01. The maximum Gasteiger partial charge on any atom is 0.227 e. The quantitative estimate of drug-likeness (QED) is 0.762. The third-order valence-corrected chi connectivity index (χ3v) is 2.13. The molecule has 2 heterocycles. The fourth-order valence-corrected chi connectivity index (χ4v) is 1.46. The summed E-state index contributed by atoms with van der Waals surface area (Å²) in [6.07, 6.45) is 3.14. The van der Waals surface area contributed by atoms with Crippen molar-refractivity contribution in [2.75, 3.05) is 11.1 Å². The van der Waals surface area contributed by atoms with Crippen LogP contribution in [-0.2, 0) is 0 Å². The molecule has 2 rings (SSSR count). The van der Waals surface area contributed by atoms with Crippen LogP contribution in [0.3, 0.4) is 0 Å². The Kier molecular flexibility index (Phi) is 2.09. The van der Waals surface area contributed by atoms with Gasteiger partial charge in [0.25, 0.3) is 0 Å². The van der Waals surface area contributed by atoms with Gasteiger partial charge in [-0.1, -0.05) is 0 Å². The molecular weight excluding hydrogens is 184 g/mol. The standard InChI is InChI=1S/C8H8N4S/c9-6-3-10-8(11-4-6)12-7-1-2-13-5-7/h1-5H,9H2,(H,10,11,12). The van der Waals surface area contributed by atoms with Crippen LogP contribution in [0.25, 0.3) is 0 Å². The molecular formula is C8H8N4S. The highest BCUT2D eigenvalue weighted by molar-refractivity contribution is 7.08. The number of hydrogen-bond donors (Lipinski definition) is 2. The van der Waals surface area contributed by atoms with Gasteiger partial charge in [0.1, 0.15) is 0 Å². The van der Waals surface area contributed by atoms with E-state index in [2.05, 4.69) is 15.3 Å². The third kappa shape index (κ3) is 1.94. The van der Waals surface area contributed by atoms with Crippen molar-refractivity contribution in [1.82, 2.24) is 9.97 Å². The number of rotatable bonds is 2. The average Bonchev–Trinajstić information content (AvgIpc) is 2.62. The molecule has 0 amide bonds. The number of anilines is 3. The van der Waals surface area contributed by atoms with E-state index >= 15 is 0 Å². The molecule has 13 heavy (non-hydrogen) atoms. The van der Waals surface area contributed by atoms with Crippen molar-refractivity contribution in [3.05, 3.63) is 29.2 Å². The van der Waals surface area contributed by atoms with Crippen LogP contribution in [0.15, 0.2) is 29.2 Å². The Morgan fingerprint density at radius 3 is 2.69 bits per heavy atom. The number of nitrogen functional groups attached to an aromatic ring is 1. The van der Waals surface area contributed by atoms with Crippen LogP contribution in [0.1, 0.15) is 0 Å². The Labute approximate surface area is 79.5 Å². The van der Waals surface area contributed by atoms with Gasteiger partial charge in [0.05, 0.1) is 23.8 Å². The average molecular weight is 192 g/mol. The van der Waals surface area contributed by atoms with Crippen molar-refractivity contribution in [2.24, 2.45) is 0 Å². The van der Waals surface area contributed by atoms with E-state index in [1.54, 1.807) is 23.7 Å². The minimum Gasteiger partial charge on any atom is -0.396 e. The van der Waals surface area contributed by atoms with Crippen LogP contribution in [0.5, 0.6) is 0 Å². The highest BCUT2D eigenvalue weighted by atomic mass is 32.1. The summed E-state index contributed by atoms with van der Waals surface area (Å²) in [6.45, 7) is 0. The Balaban J connectivity index is 2.15. The zero-order valence-electron chi connectivity index (χ0n) is 6.77. The number of nitrogens with two attached hydrogens (primary N) is 1. The van der Waals surface area contributed by atoms with Crippen molar-refractivity contribution >= 4 is 28.7 Å². The van der Waals surface area contributed by atoms with Crippen molar-refractivity contribution in [3.8, 4) is 0 Å². The highest BCUT2D eigenvalue weighted by Crippen LogP contribution is 2.15. The van der Waals surface area contributed by atoms with Gasteiger partial charge in [-0.3, -0.25) is 0 Å². The van der Waals surface area contributed by atoms with E-state index in [4.69, 9.17) is 5.73 Å². The first-order valence-electron chi connectivity index (χ1n) is 3.71. The second kappa shape index (κ2) is 3.40. The molecule has 0 aliphatic rings. The summed E-state index contributed by atoms with van der Waals surface area (Å²) in [5.74, 6) is 0.563. The minimum atomic E-state index is 0.563. The SMILES string of the molecule is Nc1cnc(Nc2ccsc2)nc1. The predicted octanol–water partition coefficient (Wildman–Crippen LogP) is 1.86. The molecule has 0 spiro atoms. The summed E-state index contributed by atoms with van der Waals surface area (Å²) in [5, 5.41) is 7.02. The molecule has 4 nitrogen and oxygen atoms in total. The molecule has 0 bridgehead atoms. The van der Waals surface area contributed by atoms with Crippen molar-refractivity contribution < 1.29 is 0 Å². The number of nitrogens with one attached hydrogen (secondary N) is 1. The van der Waals surface area contributed by atoms with Crippen LogP contribution < -0.4 is 11.1 Å². The molecule has 0 aliphatic heterocycles. The number of aromatic nitrogens is 2. The lowest BCUT2D eigenvalue weighted by molar-refractivity contribution is 1.17. The van der Waals surface area contributed by atoms with Gasteiger partial charge in [0, 0.05) is 5.38 Å². The molecule has 5 heteroatoms. The van der Waals surface area contributed by atoms with Gasteiger partial charge in [-0.25, -0.2) is 9.97 Å². The van der Waals surface area contributed by atoms with Gasteiger partial charge >= 0.3 is 0 Å². The number of nitrogens with zero attached hydrogens (tertiary/aromatic N) is 2. The predicted molar refractivity (Wildman–Crippen MR) is 54.0 cm³/mol. The molecule has 2 aromatic rings. The fourth-order valence-electron chi connectivity index (χ4n) is 0.867. The molecule has 0 aromatic carbocycles. The van der Waals surface area contributed by atoms with Crippen LogP contribution in [0, 0.1) is 0 Å². The Bertz CT molecular complexity index is 368. The van der Waals surface area contributed by atoms with Crippen molar-refractivity contribution in [1.29, 1.82) is 0 Å². The summed E-state index contributed by atoms with van der Waals surface area (Å²) >= 11 is 1.62. The minimum absolute atomic E-state index is 0.563. The van der Waals surface area contributed by atoms with E-state index in [0.29, 0.717) is 11.6 Å². The summed E-state index contributed by atoms with van der Waals surface area (Å²) < 4.78 is 0. The topological polar surface area (TPSA) is 63.8 Å². The van der Waals surface area contributed by atoms with Gasteiger partial charge in [-0.15, -0.1) is 0 Å². The van der Waals surface area contributed by atoms with E-state index in [1.165, 1.54) is 0 Å². The first-order chi connectivity index (χ1) is 6.34. The third-order valence-electron chi connectivity index (χ3n) is 1.45. The normalized spacial score (nSPS) is 9.85. The van der Waals surface area contributed by atoms with E-state index in [1.807, 2.05) is 16.8 Å². The Morgan fingerprint density at radius 1 is 1.31 bits per heavy atom. The lowest BCUT2D eigenvalue weighted by Gasteiger charge is -2.00. The van der Waals surface area contributed by atoms with Gasteiger partial charge in [-0.2, -0.15) is 11.3 Å². The monoisotopic (exact) mass is 192 g/mol. The molecule has 0 fully saturated rings. The molecule has 0 unspecified atom stereocenters. The molecule has 0 saturated heterocycles. The fraction of sp³-hybridized carbons (Fsp3) is 0. The summed E-state index contributed by atoms with van der Waals surface area (Å²) in [7, 11) is 0. The maximum atomic E-state index is 5.45. The second-order valence-corrected chi connectivity index (χ2v) is 3.26. The first kappa shape index (κ1) is 8.00. The van der Waals surface area contributed by atoms with Crippen molar-refractivity contribution in [2.45, 2.75) is 0 Å². The van der Waals surface area contributed by atoms with Gasteiger partial charge in [0.15, 0.2) is 0 Å². The van der Waals surface area contributed by atoms with E-state index in [9.17, 15) is 0 Å². The molecule has 66 valence electrons. The Morgan fingerprint density at radius 2 is 2.08 bits per heavy atom. The Hall–Kier alpha value is -1.62. The molecule has 2 aromatic heterocycles. The molecule has 3 N–H and O–H groups in total. The lowest BCUT2D eigenvalue weighted by atomic mass is 10.5. The molecule has 0 radical (unpaired) electrons. The zero-order chi connectivity index (χ0) is 9.10. The number of hydrogen-bond acceptors (Lipinski definition) is 5. The summed E-state index contributed by atoms with van der Waals surface area (Å²) in [4.78, 5) is 8.02. The van der Waals surface area contributed by atoms with Crippen LogP contribution in [-0.4, -0.2) is 9.97 Å². The van der Waals surface area contributed by atoms with Crippen LogP contribution in [0.2, 0.25) is 0 Å².